The molecule has 6 heteroatoms. The predicted molar refractivity (Wildman–Crippen MR) is 103 cm³/mol. The van der Waals surface area contributed by atoms with Gasteiger partial charge in [0.05, 0.1) is 12.2 Å². The Kier molecular flexibility index (Phi) is 6.10. The number of aromatic amines is 1. The number of carbonyl (C=O) groups is 2. The van der Waals surface area contributed by atoms with Crippen molar-refractivity contribution in [1.29, 1.82) is 0 Å². The van der Waals surface area contributed by atoms with Gasteiger partial charge < -0.3 is 19.8 Å². The summed E-state index contributed by atoms with van der Waals surface area (Å²) in [5.41, 5.74) is 2.71. The van der Waals surface area contributed by atoms with Crippen LogP contribution in [-0.4, -0.2) is 36.6 Å². The van der Waals surface area contributed by atoms with E-state index in [0.29, 0.717) is 24.5 Å². The van der Waals surface area contributed by atoms with Crippen molar-refractivity contribution in [2.24, 2.45) is 0 Å². The van der Waals surface area contributed by atoms with Gasteiger partial charge in [0.25, 0.3) is 5.91 Å². The Morgan fingerprint density at radius 2 is 1.85 bits per heavy atom. The Morgan fingerprint density at radius 1 is 1.07 bits per heavy atom. The van der Waals surface area contributed by atoms with E-state index in [2.05, 4.69) is 16.4 Å². The minimum Gasteiger partial charge on any atom is -0.484 e. The number of para-hydroxylation sites is 1. The lowest BCUT2D eigenvalue weighted by molar-refractivity contribution is -0.123. The highest BCUT2D eigenvalue weighted by Crippen LogP contribution is 2.17. The second kappa shape index (κ2) is 8.89. The van der Waals surface area contributed by atoms with E-state index in [-0.39, 0.29) is 18.5 Å². The molecule has 6 nitrogen and oxygen atoms in total. The van der Waals surface area contributed by atoms with E-state index in [9.17, 15) is 9.59 Å². The number of amides is 1. The van der Waals surface area contributed by atoms with Gasteiger partial charge in [-0.3, -0.25) is 4.79 Å². The summed E-state index contributed by atoms with van der Waals surface area (Å²) < 4.78 is 10.4. The topological polar surface area (TPSA) is 80.4 Å². The number of hydrogen-bond acceptors (Lipinski definition) is 4. The van der Waals surface area contributed by atoms with Gasteiger partial charge in [-0.05, 0) is 49.2 Å². The molecule has 2 aromatic carbocycles. The first-order valence-corrected chi connectivity index (χ1v) is 8.89. The zero-order chi connectivity index (χ0) is 19.1. The van der Waals surface area contributed by atoms with Crippen LogP contribution in [0.1, 0.15) is 22.8 Å². The Labute approximate surface area is 157 Å². The van der Waals surface area contributed by atoms with E-state index in [0.717, 1.165) is 11.9 Å². The summed E-state index contributed by atoms with van der Waals surface area (Å²) in [6, 6.07) is 14.6. The number of ether oxygens (including phenoxy) is 2. The van der Waals surface area contributed by atoms with Crippen LogP contribution in [0, 0.1) is 0 Å². The van der Waals surface area contributed by atoms with Crippen molar-refractivity contribution in [3.05, 3.63) is 65.9 Å². The largest absolute Gasteiger partial charge is 0.484 e. The molecule has 0 atom stereocenters. The van der Waals surface area contributed by atoms with Gasteiger partial charge in [0.1, 0.15) is 5.75 Å². The van der Waals surface area contributed by atoms with Crippen LogP contribution in [-0.2, 0) is 16.0 Å². The SMILES string of the molecule is CCOC(=O)c1ccc(OCC(=O)NCCc2c[nH]c3ccccc23)cc1. The summed E-state index contributed by atoms with van der Waals surface area (Å²) in [6.45, 7) is 2.54. The van der Waals surface area contributed by atoms with Crippen molar-refractivity contribution < 1.29 is 19.1 Å². The van der Waals surface area contributed by atoms with Crippen LogP contribution in [0.25, 0.3) is 10.9 Å². The van der Waals surface area contributed by atoms with Crippen molar-refractivity contribution in [2.45, 2.75) is 13.3 Å². The molecule has 0 aliphatic heterocycles. The predicted octanol–water partition coefficient (Wildman–Crippen LogP) is 3.08. The molecule has 0 spiro atoms. The third-order valence-electron chi connectivity index (χ3n) is 4.13. The average molecular weight is 366 g/mol. The summed E-state index contributed by atoms with van der Waals surface area (Å²) in [6.07, 6.45) is 2.71. The van der Waals surface area contributed by atoms with Gasteiger partial charge in [-0.2, -0.15) is 0 Å². The molecule has 140 valence electrons. The van der Waals surface area contributed by atoms with Crippen LogP contribution >= 0.6 is 0 Å². The monoisotopic (exact) mass is 366 g/mol. The number of hydrogen-bond donors (Lipinski definition) is 2. The van der Waals surface area contributed by atoms with Gasteiger partial charge in [-0.1, -0.05) is 18.2 Å². The molecule has 1 heterocycles. The van der Waals surface area contributed by atoms with Gasteiger partial charge in [0.15, 0.2) is 6.61 Å². The molecule has 1 aromatic heterocycles. The second-order valence-electron chi connectivity index (χ2n) is 5.99. The van der Waals surface area contributed by atoms with Gasteiger partial charge >= 0.3 is 5.97 Å². The number of carbonyl (C=O) groups excluding carboxylic acids is 2. The van der Waals surface area contributed by atoms with Gasteiger partial charge in [-0.15, -0.1) is 0 Å². The molecule has 0 fully saturated rings. The van der Waals surface area contributed by atoms with E-state index in [1.165, 1.54) is 10.9 Å². The summed E-state index contributed by atoms with van der Waals surface area (Å²) in [5.74, 6) is -0.0433. The van der Waals surface area contributed by atoms with Crippen molar-refractivity contribution in [3.63, 3.8) is 0 Å². The first-order valence-electron chi connectivity index (χ1n) is 8.89. The molecule has 3 rings (SSSR count). The molecule has 0 saturated carbocycles. The van der Waals surface area contributed by atoms with Crippen LogP contribution in [0.5, 0.6) is 5.75 Å². The highest BCUT2D eigenvalue weighted by atomic mass is 16.5. The second-order valence-corrected chi connectivity index (χ2v) is 5.99. The lowest BCUT2D eigenvalue weighted by Crippen LogP contribution is -2.30. The lowest BCUT2D eigenvalue weighted by atomic mass is 10.1. The van der Waals surface area contributed by atoms with Crippen molar-refractivity contribution in [2.75, 3.05) is 19.8 Å². The van der Waals surface area contributed by atoms with Crippen molar-refractivity contribution >= 4 is 22.8 Å². The molecule has 27 heavy (non-hydrogen) atoms. The Bertz CT molecular complexity index is 915. The zero-order valence-electron chi connectivity index (χ0n) is 15.2. The lowest BCUT2D eigenvalue weighted by Gasteiger charge is -2.08. The fourth-order valence-corrected chi connectivity index (χ4v) is 2.78. The van der Waals surface area contributed by atoms with Crippen LogP contribution in [0.4, 0.5) is 0 Å². The fraction of sp³-hybridized carbons (Fsp3) is 0.238. The third-order valence-corrected chi connectivity index (χ3v) is 4.13. The molecule has 0 radical (unpaired) electrons. The maximum absolute atomic E-state index is 12.0. The maximum atomic E-state index is 12.0. The smallest absolute Gasteiger partial charge is 0.338 e. The molecule has 3 aromatic rings. The zero-order valence-corrected chi connectivity index (χ0v) is 15.2. The Hall–Kier alpha value is -3.28. The molecule has 2 N–H and O–H groups in total. The minimum absolute atomic E-state index is 0.0767. The average Bonchev–Trinajstić information content (AvgIpc) is 3.10. The van der Waals surface area contributed by atoms with Gasteiger partial charge in [-0.25, -0.2) is 4.79 Å². The molecular formula is C21H22N2O4. The summed E-state index contributed by atoms with van der Waals surface area (Å²) in [4.78, 5) is 26.8. The maximum Gasteiger partial charge on any atom is 0.338 e. The summed E-state index contributed by atoms with van der Waals surface area (Å²) in [5, 5.41) is 4.02. The highest BCUT2D eigenvalue weighted by molar-refractivity contribution is 5.89. The van der Waals surface area contributed by atoms with Crippen molar-refractivity contribution in [3.8, 4) is 5.75 Å². The van der Waals surface area contributed by atoms with E-state index < -0.39 is 0 Å². The number of H-pyrrole nitrogens is 1. The number of nitrogens with one attached hydrogen (secondary N) is 2. The number of aromatic nitrogens is 1. The number of rotatable bonds is 8. The highest BCUT2D eigenvalue weighted by Gasteiger charge is 2.08. The third kappa shape index (κ3) is 4.88. The standard InChI is InChI=1S/C21H22N2O4/c1-2-26-21(25)15-7-9-17(10-8-15)27-14-20(24)22-12-11-16-13-23-19-6-4-3-5-18(16)19/h3-10,13,23H,2,11-12,14H2,1H3,(H,22,24). The molecule has 0 bridgehead atoms. The van der Waals surface area contributed by atoms with Crippen LogP contribution in [0.15, 0.2) is 54.7 Å². The van der Waals surface area contributed by atoms with E-state index in [1.807, 2.05) is 24.4 Å². The molecule has 1 amide bonds. The van der Waals surface area contributed by atoms with Gasteiger partial charge in [0.2, 0.25) is 0 Å². The quantitative estimate of drug-likeness (QED) is 0.601. The first kappa shape index (κ1) is 18.5. The number of benzene rings is 2. The molecule has 0 aliphatic rings. The number of fused-ring (bicyclic) bond motifs is 1. The van der Waals surface area contributed by atoms with E-state index in [4.69, 9.17) is 9.47 Å². The Morgan fingerprint density at radius 3 is 2.63 bits per heavy atom. The van der Waals surface area contributed by atoms with Gasteiger partial charge in [0, 0.05) is 23.6 Å². The molecular weight excluding hydrogens is 344 g/mol. The van der Waals surface area contributed by atoms with E-state index >= 15 is 0 Å². The van der Waals surface area contributed by atoms with Crippen LogP contribution in [0.2, 0.25) is 0 Å². The van der Waals surface area contributed by atoms with Crippen LogP contribution < -0.4 is 10.1 Å². The number of esters is 1. The molecule has 0 saturated heterocycles. The van der Waals surface area contributed by atoms with Crippen LogP contribution in [0.3, 0.4) is 0 Å². The normalized spacial score (nSPS) is 10.6. The molecule has 0 unspecified atom stereocenters. The van der Waals surface area contributed by atoms with E-state index in [1.54, 1.807) is 31.2 Å². The Balaban J connectivity index is 1.42. The van der Waals surface area contributed by atoms with Crippen molar-refractivity contribution in [1.82, 2.24) is 10.3 Å². The molecule has 0 aliphatic carbocycles. The minimum atomic E-state index is -0.376. The fourth-order valence-electron chi connectivity index (χ4n) is 2.78. The first-order chi connectivity index (χ1) is 13.2. The summed E-state index contributed by atoms with van der Waals surface area (Å²) in [7, 11) is 0. The summed E-state index contributed by atoms with van der Waals surface area (Å²) >= 11 is 0.